The molecular formula is C13H17NOS. The highest BCUT2D eigenvalue weighted by Crippen LogP contribution is 2.38. The molecule has 0 aromatic heterocycles. The number of rotatable bonds is 4. The molecule has 1 heterocycles. The Labute approximate surface area is 101 Å². The van der Waals surface area contributed by atoms with E-state index in [0.29, 0.717) is 5.25 Å². The molecule has 0 spiro atoms. The molecule has 0 amide bonds. The fraction of sp³-hybridized carbons (Fsp3) is 0.462. The minimum Gasteiger partial charge on any atom is -0.374 e. The Kier molecular flexibility index (Phi) is 3.88. The molecule has 1 aromatic rings. The molecule has 86 valence electrons. The molecule has 1 aliphatic rings. The Morgan fingerprint density at radius 3 is 3.00 bits per heavy atom. The third-order valence-corrected chi connectivity index (χ3v) is 4.32. The zero-order chi connectivity index (χ0) is 11.4. The van der Waals surface area contributed by atoms with Crippen molar-refractivity contribution >= 4 is 23.7 Å². The van der Waals surface area contributed by atoms with E-state index in [9.17, 15) is 4.79 Å². The maximum atomic E-state index is 11.1. The summed E-state index contributed by atoms with van der Waals surface area (Å²) in [5.41, 5.74) is 1.09. The zero-order valence-electron chi connectivity index (χ0n) is 9.48. The van der Waals surface area contributed by atoms with Gasteiger partial charge in [-0.15, -0.1) is 11.8 Å². The summed E-state index contributed by atoms with van der Waals surface area (Å²) in [5.74, 6) is 0. The molecule has 0 fully saturated rings. The van der Waals surface area contributed by atoms with Crippen LogP contribution in [0.1, 0.15) is 26.2 Å². The molecule has 0 saturated heterocycles. The number of nitrogens with one attached hydrogen (secondary N) is 1. The summed E-state index contributed by atoms with van der Waals surface area (Å²) >= 11 is 1.84. The van der Waals surface area contributed by atoms with Crippen molar-refractivity contribution in [1.82, 2.24) is 0 Å². The maximum absolute atomic E-state index is 11.1. The summed E-state index contributed by atoms with van der Waals surface area (Å²) < 4.78 is 0. The van der Waals surface area contributed by atoms with E-state index in [1.807, 2.05) is 30.0 Å². The standard InChI is InChI=1S/C13H17NOS/c1-2-3-7-13-11(9-15)14-10-6-4-5-8-12(10)16-13/h4-6,8-9,11,13-14H,2-3,7H2,1H3. The van der Waals surface area contributed by atoms with Gasteiger partial charge in [-0.25, -0.2) is 0 Å². The number of hydrogen-bond acceptors (Lipinski definition) is 3. The van der Waals surface area contributed by atoms with Gasteiger partial charge in [0.1, 0.15) is 6.29 Å². The van der Waals surface area contributed by atoms with Gasteiger partial charge in [0.15, 0.2) is 0 Å². The Morgan fingerprint density at radius 1 is 1.44 bits per heavy atom. The average molecular weight is 235 g/mol. The molecule has 2 unspecified atom stereocenters. The SMILES string of the molecule is CCCCC1Sc2ccccc2NC1C=O. The van der Waals surface area contributed by atoms with E-state index >= 15 is 0 Å². The van der Waals surface area contributed by atoms with Crippen molar-refractivity contribution in [1.29, 1.82) is 0 Å². The number of fused-ring (bicyclic) bond motifs is 1. The first-order valence-electron chi connectivity index (χ1n) is 5.82. The topological polar surface area (TPSA) is 29.1 Å². The highest BCUT2D eigenvalue weighted by Gasteiger charge is 2.27. The molecule has 16 heavy (non-hydrogen) atoms. The lowest BCUT2D eigenvalue weighted by molar-refractivity contribution is -0.108. The second kappa shape index (κ2) is 5.39. The lowest BCUT2D eigenvalue weighted by Crippen LogP contribution is -2.35. The van der Waals surface area contributed by atoms with Gasteiger partial charge in [0.25, 0.3) is 0 Å². The van der Waals surface area contributed by atoms with E-state index in [-0.39, 0.29) is 6.04 Å². The largest absolute Gasteiger partial charge is 0.374 e. The zero-order valence-corrected chi connectivity index (χ0v) is 10.3. The summed E-state index contributed by atoms with van der Waals surface area (Å²) in [7, 11) is 0. The summed E-state index contributed by atoms with van der Waals surface area (Å²) in [4.78, 5) is 12.3. The number of hydrogen-bond donors (Lipinski definition) is 1. The summed E-state index contributed by atoms with van der Waals surface area (Å²) in [6.07, 6.45) is 4.52. The van der Waals surface area contributed by atoms with Gasteiger partial charge < -0.3 is 10.1 Å². The molecule has 0 aliphatic carbocycles. The van der Waals surface area contributed by atoms with E-state index in [1.54, 1.807) is 0 Å². The Hall–Kier alpha value is -0.960. The minimum absolute atomic E-state index is 0.0357. The molecule has 2 nitrogen and oxygen atoms in total. The Bertz CT molecular complexity index is 367. The maximum Gasteiger partial charge on any atom is 0.143 e. The van der Waals surface area contributed by atoms with E-state index in [0.717, 1.165) is 18.4 Å². The van der Waals surface area contributed by atoms with Gasteiger partial charge in [-0.2, -0.15) is 0 Å². The van der Waals surface area contributed by atoms with Crippen LogP contribution in [0.3, 0.4) is 0 Å². The molecular weight excluding hydrogens is 218 g/mol. The van der Waals surface area contributed by atoms with Crippen LogP contribution < -0.4 is 5.32 Å². The van der Waals surface area contributed by atoms with Crippen molar-refractivity contribution in [3.05, 3.63) is 24.3 Å². The number of aldehydes is 1. The van der Waals surface area contributed by atoms with Gasteiger partial charge in [0, 0.05) is 15.8 Å². The highest BCUT2D eigenvalue weighted by molar-refractivity contribution is 8.00. The predicted octanol–water partition coefficient (Wildman–Crippen LogP) is 3.33. The fourth-order valence-corrected chi connectivity index (χ4v) is 3.26. The quantitative estimate of drug-likeness (QED) is 0.812. The predicted molar refractivity (Wildman–Crippen MR) is 69.1 cm³/mol. The molecule has 1 aromatic carbocycles. The summed E-state index contributed by atoms with van der Waals surface area (Å²) in [5, 5.41) is 3.70. The Balaban J connectivity index is 2.14. The van der Waals surface area contributed by atoms with Gasteiger partial charge in [0.2, 0.25) is 0 Å². The Morgan fingerprint density at radius 2 is 2.25 bits per heavy atom. The molecule has 0 bridgehead atoms. The third-order valence-electron chi connectivity index (χ3n) is 2.88. The van der Waals surface area contributed by atoms with Gasteiger partial charge in [-0.05, 0) is 18.6 Å². The second-order valence-electron chi connectivity index (χ2n) is 4.10. The van der Waals surface area contributed by atoms with E-state index < -0.39 is 0 Å². The van der Waals surface area contributed by atoms with Gasteiger partial charge in [-0.3, -0.25) is 0 Å². The van der Waals surface area contributed by atoms with Crippen LogP contribution in [0.5, 0.6) is 0 Å². The van der Waals surface area contributed by atoms with Crippen molar-refractivity contribution in [2.75, 3.05) is 5.32 Å². The second-order valence-corrected chi connectivity index (χ2v) is 5.38. The highest BCUT2D eigenvalue weighted by atomic mass is 32.2. The first-order chi connectivity index (χ1) is 7.85. The molecule has 0 radical (unpaired) electrons. The van der Waals surface area contributed by atoms with Crippen LogP contribution in [0.2, 0.25) is 0 Å². The number of thioether (sulfide) groups is 1. The van der Waals surface area contributed by atoms with Crippen LogP contribution in [-0.4, -0.2) is 17.6 Å². The number of carbonyl (C=O) groups is 1. The lowest BCUT2D eigenvalue weighted by Gasteiger charge is -2.30. The smallest absolute Gasteiger partial charge is 0.143 e. The van der Waals surface area contributed by atoms with Crippen LogP contribution >= 0.6 is 11.8 Å². The number of para-hydroxylation sites is 1. The van der Waals surface area contributed by atoms with Gasteiger partial charge in [0.05, 0.1) is 6.04 Å². The number of carbonyl (C=O) groups excluding carboxylic acids is 1. The molecule has 1 aliphatic heterocycles. The van der Waals surface area contributed by atoms with Crippen molar-refractivity contribution in [3.8, 4) is 0 Å². The normalized spacial score (nSPS) is 23.3. The minimum atomic E-state index is -0.0357. The first kappa shape index (κ1) is 11.5. The van der Waals surface area contributed by atoms with Crippen LogP contribution in [0.25, 0.3) is 0 Å². The lowest BCUT2D eigenvalue weighted by atomic mass is 10.1. The van der Waals surface area contributed by atoms with E-state index in [4.69, 9.17) is 0 Å². The van der Waals surface area contributed by atoms with Crippen LogP contribution in [0.4, 0.5) is 5.69 Å². The van der Waals surface area contributed by atoms with Crippen molar-refractivity contribution < 1.29 is 4.79 Å². The fourth-order valence-electron chi connectivity index (χ4n) is 1.96. The molecule has 0 saturated carbocycles. The molecule has 1 N–H and O–H groups in total. The van der Waals surface area contributed by atoms with Crippen molar-refractivity contribution in [2.45, 2.75) is 42.4 Å². The van der Waals surface area contributed by atoms with Gasteiger partial charge in [-0.1, -0.05) is 31.9 Å². The van der Waals surface area contributed by atoms with Crippen molar-refractivity contribution in [2.24, 2.45) is 0 Å². The monoisotopic (exact) mass is 235 g/mol. The summed E-state index contributed by atoms with van der Waals surface area (Å²) in [6, 6.07) is 8.17. The molecule has 2 rings (SSSR count). The molecule has 3 heteroatoms. The molecule has 2 atom stereocenters. The van der Waals surface area contributed by atoms with E-state index in [2.05, 4.69) is 18.3 Å². The number of anilines is 1. The first-order valence-corrected chi connectivity index (χ1v) is 6.70. The average Bonchev–Trinajstić information content (AvgIpc) is 2.35. The van der Waals surface area contributed by atoms with Crippen LogP contribution in [0, 0.1) is 0 Å². The van der Waals surface area contributed by atoms with Crippen LogP contribution in [-0.2, 0) is 4.79 Å². The number of unbranched alkanes of at least 4 members (excludes halogenated alkanes) is 1. The third kappa shape index (κ3) is 2.40. The van der Waals surface area contributed by atoms with Crippen LogP contribution in [0.15, 0.2) is 29.2 Å². The van der Waals surface area contributed by atoms with E-state index in [1.165, 1.54) is 17.7 Å². The van der Waals surface area contributed by atoms with Gasteiger partial charge >= 0.3 is 0 Å². The van der Waals surface area contributed by atoms with Crippen molar-refractivity contribution in [3.63, 3.8) is 0 Å². The summed E-state index contributed by atoms with van der Waals surface area (Å²) in [6.45, 7) is 2.19. The number of benzene rings is 1.